The molecule has 0 spiro atoms. The zero-order chi connectivity index (χ0) is 15.3. The summed E-state index contributed by atoms with van der Waals surface area (Å²) in [5.41, 5.74) is 0.803. The van der Waals surface area contributed by atoms with Crippen LogP contribution < -0.4 is 16.6 Å². The Morgan fingerprint density at radius 1 is 1.50 bits per heavy atom. The lowest BCUT2D eigenvalue weighted by Gasteiger charge is -2.25. The largest absolute Gasteiger partial charge is 0.388 e. The van der Waals surface area contributed by atoms with E-state index in [9.17, 15) is 15.2 Å². The third-order valence-corrected chi connectivity index (χ3v) is 2.63. The average molecular weight is 284 g/mol. The Bertz CT molecular complexity index is 477. The van der Waals surface area contributed by atoms with Gasteiger partial charge in [0.25, 0.3) is 0 Å². The number of nitro groups is 1. The third-order valence-electron chi connectivity index (χ3n) is 2.63. The molecule has 0 aromatic carbocycles. The van der Waals surface area contributed by atoms with Gasteiger partial charge in [-0.2, -0.15) is 0 Å². The van der Waals surface area contributed by atoms with Crippen molar-refractivity contribution in [3.63, 3.8) is 0 Å². The zero-order valence-corrected chi connectivity index (χ0v) is 11.8. The van der Waals surface area contributed by atoms with Gasteiger partial charge in [0.05, 0.1) is 10.5 Å². The molecule has 20 heavy (non-hydrogen) atoms. The van der Waals surface area contributed by atoms with E-state index in [1.54, 1.807) is 6.92 Å². The molecule has 1 atom stereocenters. The van der Waals surface area contributed by atoms with E-state index >= 15 is 0 Å². The minimum atomic E-state index is -0.997. The minimum Gasteiger partial charge on any atom is -0.388 e. The SMILES string of the molecule is CC(C)CC(C)(O)CNc1ncnc(NN)c1[N+](=O)[O-]. The molecular weight excluding hydrogens is 264 g/mol. The summed E-state index contributed by atoms with van der Waals surface area (Å²) in [5, 5.41) is 24.0. The fourth-order valence-corrected chi connectivity index (χ4v) is 2.01. The van der Waals surface area contributed by atoms with Gasteiger partial charge in [-0.25, -0.2) is 15.8 Å². The lowest BCUT2D eigenvalue weighted by molar-refractivity contribution is -0.383. The molecule has 9 nitrogen and oxygen atoms in total. The van der Waals surface area contributed by atoms with Crippen molar-refractivity contribution in [3.05, 3.63) is 16.4 Å². The highest BCUT2D eigenvalue weighted by molar-refractivity contribution is 5.68. The van der Waals surface area contributed by atoms with E-state index in [2.05, 4.69) is 20.7 Å². The van der Waals surface area contributed by atoms with E-state index in [4.69, 9.17) is 5.84 Å². The Morgan fingerprint density at radius 2 is 2.10 bits per heavy atom. The van der Waals surface area contributed by atoms with Gasteiger partial charge in [-0.05, 0) is 19.3 Å². The highest BCUT2D eigenvalue weighted by Crippen LogP contribution is 2.28. The van der Waals surface area contributed by atoms with Crippen LogP contribution in [0.5, 0.6) is 0 Å². The van der Waals surface area contributed by atoms with E-state index in [1.807, 2.05) is 13.8 Å². The third kappa shape index (κ3) is 4.28. The van der Waals surface area contributed by atoms with Crippen LogP contribution in [0.25, 0.3) is 0 Å². The molecule has 1 aromatic rings. The molecule has 5 N–H and O–H groups in total. The first-order chi connectivity index (χ1) is 9.26. The number of rotatable bonds is 7. The first-order valence-electron chi connectivity index (χ1n) is 6.19. The Hall–Kier alpha value is -2.00. The summed E-state index contributed by atoms with van der Waals surface area (Å²) < 4.78 is 0. The number of aliphatic hydroxyl groups is 1. The smallest absolute Gasteiger partial charge is 0.354 e. The van der Waals surface area contributed by atoms with Crippen LogP contribution >= 0.6 is 0 Å². The van der Waals surface area contributed by atoms with Gasteiger partial charge in [0.1, 0.15) is 6.33 Å². The summed E-state index contributed by atoms with van der Waals surface area (Å²) in [4.78, 5) is 17.9. The summed E-state index contributed by atoms with van der Waals surface area (Å²) in [7, 11) is 0. The van der Waals surface area contributed by atoms with E-state index in [-0.39, 0.29) is 23.9 Å². The molecule has 0 aliphatic rings. The maximum Gasteiger partial charge on any atom is 0.354 e. The molecule has 0 saturated heterocycles. The number of nitrogens with one attached hydrogen (secondary N) is 2. The Morgan fingerprint density at radius 3 is 2.60 bits per heavy atom. The summed E-state index contributed by atoms with van der Waals surface area (Å²) in [5.74, 6) is 5.41. The van der Waals surface area contributed by atoms with E-state index in [0.29, 0.717) is 12.3 Å². The maximum atomic E-state index is 11.0. The molecule has 9 heteroatoms. The molecule has 0 aliphatic carbocycles. The first kappa shape index (κ1) is 16.1. The number of aromatic nitrogens is 2. The van der Waals surface area contributed by atoms with Gasteiger partial charge in [-0.3, -0.25) is 10.1 Å². The molecule has 1 rings (SSSR count). The average Bonchev–Trinajstić information content (AvgIpc) is 2.34. The van der Waals surface area contributed by atoms with Crippen molar-refractivity contribution >= 4 is 17.3 Å². The number of nitrogens with two attached hydrogens (primary N) is 1. The van der Waals surface area contributed by atoms with E-state index in [0.717, 1.165) is 6.33 Å². The van der Waals surface area contributed by atoms with Gasteiger partial charge in [-0.15, -0.1) is 0 Å². The van der Waals surface area contributed by atoms with Crippen LogP contribution in [-0.2, 0) is 0 Å². The van der Waals surface area contributed by atoms with E-state index < -0.39 is 10.5 Å². The van der Waals surface area contributed by atoms with Crippen LogP contribution in [0, 0.1) is 16.0 Å². The van der Waals surface area contributed by atoms with Gasteiger partial charge in [0.15, 0.2) is 0 Å². The minimum absolute atomic E-state index is 0.0157. The Kier molecular flexibility index (Phi) is 5.17. The van der Waals surface area contributed by atoms with Crippen molar-refractivity contribution in [2.45, 2.75) is 32.8 Å². The molecule has 1 unspecified atom stereocenters. The zero-order valence-electron chi connectivity index (χ0n) is 11.8. The van der Waals surface area contributed by atoms with Gasteiger partial charge >= 0.3 is 5.69 Å². The van der Waals surface area contributed by atoms with Crippen LogP contribution in [-0.4, -0.2) is 32.1 Å². The fraction of sp³-hybridized carbons (Fsp3) is 0.636. The number of hydrogen-bond donors (Lipinski definition) is 4. The predicted molar refractivity (Wildman–Crippen MR) is 75.1 cm³/mol. The normalized spacial score (nSPS) is 13.9. The van der Waals surface area contributed by atoms with Crippen molar-refractivity contribution in [1.29, 1.82) is 0 Å². The highest BCUT2D eigenvalue weighted by atomic mass is 16.6. The predicted octanol–water partition coefficient (Wildman–Crippen LogP) is 0.879. The molecule has 1 aromatic heterocycles. The first-order valence-corrected chi connectivity index (χ1v) is 6.19. The summed E-state index contributed by atoms with van der Waals surface area (Å²) in [6.45, 7) is 5.76. The number of anilines is 2. The Labute approximate surface area is 116 Å². The van der Waals surface area contributed by atoms with Crippen LogP contribution in [0.4, 0.5) is 17.3 Å². The summed E-state index contributed by atoms with van der Waals surface area (Å²) in [6.07, 6.45) is 1.71. The number of nitrogens with zero attached hydrogens (tertiary/aromatic N) is 3. The van der Waals surface area contributed by atoms with E-state index in [1.165, 1.54) is 0 Å². The van der Waals surface area contributed by atoms with Crippen molar-refractivity contribution in [1.82, 2.24) is 9.97 Å². The summed E-state index contributed by atoms with van der Waals surface area (Å²) in [6, 6.07) is 0. The van der Waals surface area contributed by atoms with Crippen LogP contribution in [0.15, 0.2) is 6.33 Å². The van der Waals surface area contributed by atoms with Crippen LogP contribution in [0.1, 0.15) is 27.2 Å². The molecule has 0 aliphatic heterocycles. The summed E-state index contributed by atoms with van der Waals surface area (Å²) >= 11 is 0. The van der Waals surface area contributed by atoms with Gasteiger partial charge < -0.3 is 15.8 Å². The molecule has 0 fully saturated rings. The topological polar surface area (TPSA) is 139 Å². The van der Waals surface area contributed by atoms with Crippen molar-refractivity contribution < 1.29 is 10.0 Å². The fourth-order valence-electron chi connectivity index (χ4n) is 2.01. The molecule has 0 saturated carbocycles. The number of hydrazine groups is 1. The van der Waals surface area contributed by atoms with Crippen LogP contribution in [0.2, 0.25) is 0 Å². The number of hydrogen-bond acceptors (Lipinski definition) is 8. The second kappa shape index (κ2) is 6.44. The monoisotopic (exact) mass is 284 g/mol. The van der Waals surface area contributed by atoms with Crippen molar-refractivity contribution in [2.24, 2.45) is 11.8 Å². The van der Waals surface area contributed by atoms with Crippen molar-refractivity contribution in [2.75, 3.05) is 17.3 Å². The maximum absolute atomic E-state index is 11.0. The lowest BCUT2D eigenvalue weighted by Crippen LogP contribution is -2.35. The second-order valence-electron chi connectivity index (χ2n) is 5.27. The van der Waals surface area contributed by atoms with Gasteiger partial charge in [0.2, 0.25) is 11.6 Å². The van der Waals surface area contributed by atoms with Crippen molar-refractivity contribution in [3.8, 4) is 0 Å². The number of nitrogen functional groups attached to an aromatic ring is 1. The van der Waals surface area contributed by atoms with Gasteiger partial charge in [0, 0.05) is 6.54 Å². The second-order valence-corrected chi connectivity index (χ2v) is 5.27. The molecular formula is C11H20N6O3. The standard InChI is InChI=1S/C11H20N6O3/c1-7(2)4-11(3,18)5-13-9-8(17(19)20)10(16-12)15-6-14-9/h6-7,18H,4-5,12H2,1-3H3,(H2,13,14,15,16). The molecule has 0 amide bonds. The molecule has 0 bridgehead atoms. The van der Waals surface area contributed by atoms with Gasteiger partial charge in [-0.1, -0.05) is 13.8 Å². The lowest BCUT2D eigenvalue weighted by atomic mass is 9.94. The molecule has 1 heterocycles. The molecule has 112 valence electrons. The van der Waals surface area contributed by atoms with Crippen LogP contribution in [0.3, 0.4) is 0 Å². The highest BCUT2D eigenvalue weighted by Gasteiger charge is 2.26. The quantitative estimate of drug-likeness (QED) is 0.328. The Balaban J connectivity index is 2.90. The molecule has 0 radical (unpaired) electrons.